The highest BCUT2D eigenvalue weighted by Gasteiger charge is 2.46. The summed E-state index contributed by atoms with van der Waals surface area (Å²) in [7, 11) is 0. The SMILES string of the molecule is OC[C@@]12CCC[C@H]1OCC2. The van der Waals surface area contributed by atoms with E-state index in [9.17, 15) is 0 Å². The highest BCUT2D eigenvalue weighted by Crippen LogP contribution is 2.46. The van der Waals surface area contributed by atoms with Crippen molar-refractivity contribution in [2.75, 3.05) is 13.2 Å². The third kappa shape index (κ3) is 0.722. The van der Waals surface area contributed by atoms with Gasteiger partial charge in [-0.2, -0.15) is 0 Å². The van der Waals surface area contributed by atoms with Gasteiger partial charge < -0.3 is 9.84 Å². The lowest BCUT2D eigenvalue weighted by Crippen LogP contribution is -2.28. The Kier molecular flexibility index (Phi) is 1.46. The molecule has 0 spiro atoms. The molecule has 2 rings (SSSR count). The number of hydrogen-bond donors (Lipinski definition) is 1. The van der Waals surface area contributed by atoms with Crippen LogP contribution in [0.1, 0.15) is 25.7 Å². The standard InChI is InChI=1S/C8H14O2/c9-6-8-3-1-2-7(8)10-5-4-8/h7,9H,1-6H2/t7-,8+/m1/s1. The second-order valence-electron chi connectivity index (χ2n) is 3.52. The normalized spacial score (nSPS) is 45.9. The molecular formula is C8H14O2. The molecule has 1 heterocycles. The van der Waals surface area contributed by atoms with Crippen molar-refractivity contribution in [1.29, 1.82) is 0 Å². The molecule has 1 saturated heterocycles. The zero-order valence-electron chi connectivity index (χ0n) is 6.18. The van der Waals surface area contributed by atoms with Crippen molar-refractivity contribution >= 4 is 0 Å². The van der Waals surface area contributed by atoms with E-state index in [2.05, 4.69) is 0 Å². The lowest BCUT2D eigenvalue weighted by Gasteiger charge is -2.23. The van der Waals surface area contributed by atoms with Gasteiger partial charge in [0.25, 0.3) is 0 Å². The molecular weight excluding hydrogens is 128 g/mol. The first-order chi connectivity index (χ1) is 4.87. The van der Waals surface area contributed by atoms with Crippen LogP contribution in [-0.4, -0.2) is 24.4 Å². The van der Waals surface area contributed by atoms with Gasteiger partial charge in [0.1, 0.15) is 0 Å². The largest absolute Gasteiger partial charge is 0.396 e. The molecule has 1 N–H and O–H groups in total. The lowest BCUT2D eigenvalue weighted by molar-refractivity contribution is 0.0380. The second kappa shape index (κ2) is 2.21. The molecule has 0 unspecified atom stereocenters. The van der Waals surface area contributed by atoms with E-state index in [1.165, 1.54) is 19.3 Å². The van der Waals surface area contributed by atoms with Crippen molar-refractivity contribution in [2.24, 2.45) is 5.41 Å². The van der Waals surface area contributed by atoms with Gasteiger partial charge in [0.15, 0.2) is 0 Å². The summed E-state index contributed by atoms with van der Waals surface area (Å²) in [6.07, 6.45) is 5.05. The smallest absolute Gasteiger partial charge is 0.0654 e. The van der Waals surface area contributed by atoms with Crippen LogP contribution in [0.4, 0.5) is 0 Å². The average Bonchev–Trinajstić information content (AvgIpc) is 2.42. The van der Waals surface area contributed by atoms with E-state index < -0.39 is 0 Å². The van der Waals surface area contributed by atoms with E-state index in [-0.39, 0.29) is 5.41 Å². The van der Waals surface area contributed by atoms with E-state index in [1.54, 1.807) is 0 Å². The van der Waals surface area contributed by atoms with Crippen LogP contribution in [0.2, 0.25) is 0 Å². The molecule has 0 amide bonds. The minimum absolute atomic E-state index is 0.181. The molecule has 0 aromatic carbocycles. The Bertz CT molecular complexity index is 123. The first-order valence-electron chi connectivity index (χ1n) is 4.10. The summed E-state index contributed by atoms with van der Waals surface area (Å²) in [6, 6.07) is 0. The molecule has 58 valence electrons. The van der Waals surface area contributed by atoms with Crippen LogP contribution in [0.15, 0.2) is 0 Å². The van der Waals surface area contributed by atoms with Crippen LogP contribution >= 0.6 is 0 Å². The number of ether oxygens (including phenoxy) is 1. The van der Waals surface area contributed by atoms with E-state index in [0.717, 1.165) is 13.0 Å². The number of hydrogen-bond acceptors (Lipinski definition) is 2. The maximum Gasteiger partial charge on any atom is 0.0654 e. The van der Waals surface area contributed by atoms with Crippen molar-refractivity contribution in [3.8, 4) is 0 Å². The molecule has 0 bridgehead atoms. The number of aliphatic hydroxyl groups is 1. The molecule has 0 aromatic heterocycles. The molecule has 2 aliphatic rings. The molecule has 2 fully saturated rings. The van der Waals surface area contributed by atoms with Crippen molar-refractivity contribution in [3.05, 3.63) is 0 Å². The second-order valence-corrected chi connectivity index (χ2v) is 3.52. The summed E-state index contributed by atoms with van der Waals surface area (Å²) in [5.74, 6) is 0. The van der Waals surface area contributed by atoms with Gasteiger partial charge in [0.2, 0.25) is 0 Å². The molecule has 1 saturated carbocycles. The molecule has 2 atom stereocenters. The minimum Gasteiger partial charge on any atom is -0.396 e. The summed E-state index contributed by atoms with van der Waals surface area (Å²) < 4.78 is 5.51. The van der Waals surface area contributed by atoms with Gasteiger partial charge in [-0.1, -0.05) is 6.42 Å². The van der Waals surface area contributed by atoms with Gasteiger partial charge in [-0.3, -0.25) is 0 Å². The fourth-order valence-corrected chi connectivity index (χ4v) is 2.32. The molecule has 2 nitrogen and oxygen atoms in total. The predicted molar refractivity (Wildman–Crippen MR) is 37.7 cm³/mol. The zero-order chi connectivity index (χ0) is 7.03. The Balaban J connectivity index is 2.15. The molecule has 0 radical (unpaired) electrons. The van der Waals surface area contributed by atoms with Gasteiger partial charge in [0, 0.05) is 12.0 Å². The highest BCUT2D eigenvalue weighted by atomic mass is 16.5. The fourth-order valence-electron chi connectivity index (χ4n) is 2.32. The number of aliphatic hydroxyl groups excluding tert-OH is 1. The molecule has 2 heteroatoms. The number of fused-ring (bicyclic) bond motifs is 1. The van der Waals surface area contributed by atoms with E-state index >= 15 is 0 Å². The average molecular weight is 142 g/mol. The Morgan fingerprint density at radius 1 is 1.50 bits per heavy atom. The van der Waals surface area contributed by atoms with Gasteiger partial charge in [-0.25, -0.2) is 0 Å². The quantitative estimate of drug-likeness (QED) is 0.590. The molecule has 0 aromatic rings. The predicted octanol–water partition coefficient (Wildman–Crippen LogP) is 0.938. The Hall–Kier alpha value is -0.0800. The minimum atomic E-state index is 0.181. The van der Waals surface area contributed by atoms with E-state index in [0.29, 0.717) is 12.7 Å². The Morgan fingerprint density at radius 2 is 2.40 bits per heavy atom. The van der Waals surface area contributed by atoms with Crippen molar-refractivity contribution in [1.82, 2.24) is 0 Å². The maximum atomic E-state index is 9.15. The summed E-state index contributed by atoms with van der Waals surface area (Å²) in [5.41, 5.74) is 0.181. The Labute approximate surface area is 61.2 Å². The van der Waals surface area contributed by atoms with Crippen molar-refractivity contribution in [3.63, 3.8) is 0 Å². The first kappa shape index (κ1) is 6.62. The third-order valence-corrected chi connectivity index (χ3v) is 3.06. The molecule has 1 aliphatic carbocycles. The van der Waals surface area contributed by atoms with Crippen LogP contribution in [-0.2, 0) is 4.74 Å². The van der Waals surface area contributed by atoms with Gasteiger partial charge in [-0.15, -0.1) is 0 Å². The molecule has 1 aliphatic heterocycles. The summed E-state index contributed by atoms with van der Waals surface area (Å²) in [5, 5.41) is 9.15. The highest BCUT2D eigenvalue weighted by molar-refractivity contribution is 4.96. The fraction of sp³-hybridized carbons (Fsp3) is 1.00. The van der Waals surface area contributed by atoms with Gasteiger partial charge in [0.05, 0.1) is 12.7 Å². The topological polar surface area (TPSA) is 29.5 Å². The van der Waals surface area contributed by atoms with Crippen molar-refractivity contribution < 1.29 is 9.84 Å². The summed E-state index contributed by atoms with van der Waals surface area (Å²) in [6.45, 7) is 1.20. The van der Waals surface area contributed by atoms with E-state index in [4.69, 9.17) is 9.84 Å². The van der Waals surface area contributed by atoms with Crippen LogP contribution in [0.3, 0.4) is 0 Å². The van der Waals surface area contributed by atoms with Gasteiger partial charge in [-0.05, 0) is 19.3 Å². The van der Waals surface area contributed by atoms with Crippen LogP contribution in [0, 0.1) is 5.41 Å². The molecule has 10 heavy (non-hydrogen) atoms. The van der Waals surface area contributed by atoms with Crippen molar-refractivity contribution in [2.45, 2.75) is 31.8 Å². The zero-order valence-corrected chi connectivity index (χ0v) is 6.18. The lowest BCUT2D eigenvalue weighted by atomic mass is 9.84. The third-order valence-electron chi connectivity index (χ3n) is 3.06. The monoisotopic (exact) mass is 142 g/mol. The van der Waals surface area contributed by atoms with Crippen LogP contribution in [0.25, 0.3) is 0 Å². The first-order valence-corrected chi connectivity index (χ1v) is 4.10. The van der Waals surface area contributed by atoms with E-state index in [1.807, 2.05) is 0 Å². The maximum absolute atomic E-state index is 9.15. The summed E-state index contributed by atoms with van der Waals surface area (Å²) in [4.78, 5) is 0. The van der Waals surface area contributed by atoms with Crippen LogP contribution < -0.4 is 0 Å². The summed E-state index contributed by atoms with van der Waals surface area (Å²) >= 11 is 0. The number of rotatable bonds is 1. The Morgan fingerprint density at radius 3 is 3.10 bits per heavy atom. The van der Waals surface area contributed by atoms with Gasteiger partial charge >= 0.3 is 0 Å². The van der Waals surface area contributed by atoms with Crippen LogP contribution in [0.5, 0.6) is 0 Å².